The molecule has 0 radical (unpaired) electrons. The van der Waals surface area contributed by atoms with Crippen molar-refractivity contribution in [3.05, 3.63) is 23.8 Å². The number of benzene rings is 1. The molecule has 1 fully saturated rings. The molecule has 2 rings (SSSR count). The van der Waals surface area contributed by atoms with Crippen LogP contribution in [-0.4, -0.2) is 64.0 Å². The zero-order chi connectivity index (χ0) is 22.9. The first-order valence-electron chi connectivity index (χ1n) is 10.2. The number of methoxy groups -OCH3 is 1. The van der Waals surface area contributed by atoms with Gasteiger partial charge in [0.15, 0.2) is 6.61 Å². The highest BCUT2D eigenvalue weighted by molar-refractivity contribution is 7.89. The number of carbonyl (C=O) groups is 3. The number of carbonyl (C=O) groups excluding carboxylic acids is 3. The summed E-state index contributed by atoms with van der Waals surface area (Å²) >= 11 is 0. The van der Waals surface area contributed by atoms with Crippen LogP contribution in [0.3, 0.4) is 0 Å². The molecular weight excluding hydrogens is 426 g/mol. The van der Waals surface area contributed by atoms with Crippen molar-refractivity contribution < 1.29 is 32.3 Å². The van der Waals surface area contributed by atoms with Crippen LogP contribution in [0.15, 0.2) is 23.1 Å². The van der Waals surface area contributed by atoms with E-state index in [-0.39, 0.29) is 16.2 Å². The number of hydrogen-bond acceptors (Lipinski definition) is 7. The van der Waals surface area contributed by atoms with Crippen molar-refractivity contribution in [1.29, 1.82) is 0 Å². The molecule has 11 heteroatoms. The summed E-state index contributed by atoms with van der Waals surface area (Å²) < 4.78 is 37.8. The van der Waals surface area contributed by atoms with Gasteiger partial charge in [-0.1, -0.05) is 19.8 Å². The molecule has 10 nitrogen and oxygen atoms in total. The summed E-state index contributed by atoms with van der Waals surface area (Å²) in [5.74, 6) is -1.57. The molecule has 1 aliphatic rings. The zero-order valence-electron chi connectivity index (χ0n) is 17.8. The average Bonchev–Trinajstić information content (AvgIpc) is 3.05. The Morgan fingerprint density at radius 3 is 2.39 bits per heavy atom. The Labute approximate surface area is 182 Å². The minimum atomic E-state index is -3.87. The standard InChI is InChI=1S/C20H29N3O7S/c1-3-10-21-20(26)22-18(24)14-30-19(25)15-8-9-16(29-2)17(13-15)31(27,28)23-11-6-4-5-7-12-23/h8-9,13H,3-7,10-12,14H2,1-2H3,(H2,21,22,24,26). The van der Waals surface area contributed by atoms with Crippen LogP contribution in [0.25, 0.3) is 0 Å². The Morgan fingerprint density at radius 2 is 1.77 bits per heavy atom. The number of ether oxygens (including phenoxy) is 2. The van der Waals surface area contributed by atoms with Crippen molar-refractivity contribution >= 4 is 27.9 Å². The van der Waals surface area contributed by atoms with Crippen molar-refractivity contribution in [3.8, 4) is 5.75 Å². The maximum Gasteiger partial charge on any atom is 0.338 e. The highest BCUT2D eigenvalue weighted by Gasteiger charge is 2.29. The fourth-order valence-corrected chi connectivity index (χ4v) is 4.78. The van der Waals surface area contributed by atoms with Gasteiger partial charge in [0.05, 0.1) is 12.7 Å². The van der Waals surface area contributed by atoms with Gasteiger partial charge < -0.3 is 14.8 Å². The van der Waals surface area contributed by atoms with Crippen LogP contribution in [0.1, 0.15) is 49.4 Å². The summed E-state index contributed by atoms with van der Waals surface area (Å²) in [6, 6.07) is 3.24. The molecule has 1 heterocycles. The second-order valence-corrected chi connectivity index (χ2v) is 8.97. The van der Waals surface area contributed by atoms with E-state index in [4.69, 9.17) is 9.47 Å². The molecule has 1 aromatic rings. The van der Waals surface area contributed by atoms with Crippen LogP contribution in [0.5, 0.6) is 5.75 Å². The fourth-order valence-electron chi connectivity index (χ4n) is 3.09. The molecule has 172 valence electrons. The molecule has 1 saturated heterocycles. The molecule has 1 aliphatic heterocycles. The van der Waals surface area contributed by atoms with Crippen molar-refractivity contribution in [1.82, 2.24) is 14.9 Å². The zero-order valence-corrected chi connectivity index (χ0v) is 18.6. The molecule has 2 N–H and O–H groups in total. The van der Waals surface area contributed by atoms with E-state index in [0.717, 1.165) is 25.7 Å². The number of amides is 3. The number of nitrogens with one attached hydrogen (secondary N) is 2. The molecule has 0 saturated carbocycles. The smallest absolute Gasteiger partial charge is 0.338 e. The van der Waals surface area contributed by atoms with E-state index in [0.29, 0.717) is 26.1 Å². The molecule has 3 amide bonds. The highest BCUT2D eigenvalue weighted by atomic mass is 32.2. The average molecular weight is 456 g/mol. The van der Waals surface area contributed by atoms with E-state index < -0.39 is 34.5 Å². The highest BCUT2D eigenvalue weighted by Crippen LogP contribution is 2.29. The van der Waals surface area contributed by atoms with E-state index in [1.54, 1.807) is 0 Å². The normalized spacial score (nSPS) is 14.9. The van der Waals surface area contributed by atoms with Gasteiger partial charge in [-0.15, -0.1) is 0 Å². The van der Waals surface area contributed by atoms with E-state index >= 15 is 0 Å². The van der Waals surface area contributed by atoms with Crippen LogP contribution in [0.4, 0.5) is 4.79 Å². The fraction of sp³-hybridized carbons (Fsp3) is 0.550. The van der Waals surface area contributed by atoms with Crippen molar-refractivity contribution in [2.45, 2.75) is 43.9 Å². The first-order chi connectivity index (χ1) is 14.8. The molecule has 0 unspecified atom stereocenters. The first kappa shape index (κ1) is 24.6. The summed E-state index contributed by atoms with van der Waals surface area (Å²) in [6.07, 6.45) is 4.17. The number of esters is 1. The Bertz CT molecular complexity index is 894. The molecule has 0 spiro atoms. The molecule has 0 bridgehead atoms. The molecule has 1 aromatic carbocycles. The van der Waals surface area contributed by atoms with Gasteiger partial charge in [-0.25, -0.2) is 18.0 Å². The van der Waals surface area contributed by atoms with Gasteiger partial charge in [-0.3, -0.25) is 10.1 Å². The number of sulfonamides is 1. The monoisotopic (exact) mass is 455 g/mol. The maximum absolute atomic E-state index is 13.2. The van der Waals surface area contributed by atoms with Gasteiger partial charge in [0, 0.05) is 19.6 Å². The molecule has 0 aromatic heterocycles. The van der Waals surface area contributed by atoms with Crippen LogP contribution >= 0.6 is 0 Å². The lowest BCUT2D eigenvalue weighted by Crippen LogP contribution is -2.41. The van der Waals surface area contributed by atoms with E-state index in [2.05, 4.69) is 5.32 Å². The lowest BCUT2D eigenvalue weighted by molar-refractivity contribution is -0.123. The second-order valence-electron chi connectivity index (χ2n) is 7.06. The third-order valence-corrected chi connectivity index (χ3v) is 6.62. The third kappa shape index (κ3) is 6.93. The molecule has 31 heavy (non-hydrogen) atoms. The van der Waals surface area contributed by atoms with Gasteiger partial charge in [0.25, 0.3) is 5.91 Å². The predicted molar refractivity (Wildman–Crippen MR) is 112 cm³/mol. The van der Waals surface area contributed by atoms with E-state index in [9.17, 15) is 22.8 Å². The van der Waals surface area contributed by atoms with Gasteiger partial charge in [0.2, 0.25) is 10.0 Å². The molecular formula is C20H29N3O7S. The van der Waals surface area contributed by atoms with Crippen LogP contribution in [0.2, 0.25) is 0 Å². The summed E-state index contributed by atoms with van der Waals surface area (Å²) in [7, 11) is -2.52. The maximum atomic E-state index is 13.2. The van der Waals surface area contributed by atoms with Crippen LogP contribution in [-0.2, 0) is 19.6 Å². The number of imide groups is 1. The largest absolute Gasteiger partial charge is 0.495 e. The lowest BCUT2D eigenvalue weighted by Gasteiger charge is -2.21. The topological polar surface area (TPSA) is 131 Å². The lowest BCUT2D eigenvalue weighted by atomic mass is 10.2. The van der Waals surface area contributed by atoms with Crippen molar-refractivity contribution in [2.75, 3.05) is 33.4 Å². The van der Waals surface area contributed by atoms with Crippen LogP contribution in [0, 0.1) is 0 Å². The number of urea groups is 1. The third-order valence-electron chi connectivity index (χ3n) is 4.71. The van der Waals surface area contributed by atoms with Crippen molar-refractivity contribution in [3.63, 3.8) is 0 Å². The molecule has 0 atom stereocenters. The van der Waals surface area contributed by atoms with Crippen LogP contribution < -0.4 is 15.4 Å². The van der Waals surface area contributed by atoms with Gasteiger partial charge in [-0.05, 0) is 37.5 Å². The van der Waals surface area contributed by atoms with E-state index in [1.807, 2.05) is 12.2 Å². The number of rotatable bonds is 8. The minimum Gasteiger partial charge on any atom is -0.495 e. The number of nitrogens with zero attached hydrogens (tertiary/aromatic N) is 1. The Morgan fingerprint density at radius 1 is 1.10 bits per heavy atom. The second kappa shape index (κ2) is 11.7. The summed E-state index contributed by atoms with van der Waals surface area (Å²) in [4.78, 5) is 35.4. The van der Waals surface area contributed by atoms with Crippen molar-refractivity contribution in [2.24, 2.45) is 0 Å². The van der Waals surface area contributed by atoms with Gasteiger partial charge in [0.1, 0.15) is 10.6 Å². The molecule has 0 aliphatic carbocycles. The Kier molecular flexibility index (Phi) is 9.25. The predicted octanol–water partition coefficient (Wildman–Crippen LogP) is 1.65. The van der Waals surface area contributed by atoms with E-state index in [1.165, 1.54) is 29.6 Å². The van der Waals surface area contributed by atoms with Gasteiger partial charge >= 0.3 is 12.0 Å². The number of hydrogen-bond donors (Lipinski definition) is 2. The Balaban J connectivity index is 2.11. The first-order valence-corrected chi connectivity index (χ1v) is 11.7. The summed E-state index contributed by atoms with van der Waals surface area (Å²) in [5, 5.41) is 4.49. The quantitative estimate of drug-likeness (QED) is 0.570. The summed E-state index contributed by atoms with van der Waals surface area (Å²) in [5.41, 5.74) is -0.0440. The Hall–Kier alpha value is -2.66. The summed E-state index contributed by atoms with van der Waals surface area (Å²) in [6.45, 7) is 2.39. The SMILES string of the molecule is CCCNC(=O)NC(=O)COC(=O)c1ccc(OC)c(S(=O)(=O)N2CCCCCC2)c1. The van der Waals surface area contributed by atoms with Gasteiger partial charge in [-0.2, -0.15) is 4.31 Å². The minimum absolute atomic E-state index is 0.0440.